The molecule has 0 saturated heterocycles. The Morgan fingerprint density at radius 3 is 2.22 bits per heavy atom. The molecule has 4 N–H and O–H groups in total. The lowest BCUT2D eigenvalue weighted by Gasteiger charge is -2.20. The van der Waals surface area contributed by atoms with Crippen LogP contribution in [0.5, 0.6) is 0 Å². The number of amides is 2. The molecular formula is C24H40N2O6. The molecule has 1 aliphatic carbocycles. The number of nitrogens with one attached hydrogen (secondary N) is 2. The second-order valence-corrected chi connectivity index (χ2v) is 8.94. The number of ketones is 1. The Morgan fingerprint density at radius 1 is 1.12 bits per heavy atom. The van der Waals surface area contributed by atoms with Gasteiger partial charge in [-0.3, -0.25) is 19.2 Å². The van der Waals surface area contributed by atoms with Gasteiger partial charge >= 0.3 is 5.97 Å². The van der Waals surface area contributed by atoms with Crippen molar-refractivity contribution < 1.29 is 29.4 Å². The van der Waals surface area contributed by atoms with Gasteiger partial charge in [0.2, 0.25) is 11.8 Å². The number of carboxylic acids is 1. The van der Waals surface area contributed by atoms with Crippen molar-refractivity contribution in [2.75, 3.05) is 13.2 Å². The van der Waals surface area contributed by atoms with Crippen LogP contribution in [0.3, 0.4) is 0 Å². The van der Waals surface area contributed by atoms with Crippen LogP contribution in [0.2, 0.25) is 0 Å². The first kappa shape index (κ1) is 29.5. The van der Waals surface area contributed by atoms with E-state index >= 15 is 0 Å². The highest BCUT2D eigenvalue weighted by atomic mass is 16.4. The third kappa shape index (κ3) is 12.4. The summed E-state index contributed by atoms with van der Waals surface area (Å²) in [4.78, 5) is 46.6. The van der Waals surface area contributed by atoms with Crippen molar-refractivity contribution in [3.63, 3.8) is 0 Å². The average molecular weight is 453 g/mol. The van der Waals surface area contributed by atoms with Gasteiger partial charge in [-0.25, -0.2) is 0 Å². The number of carbonyl (C=O) groups is 4. The van der Waals surface area contributed by atoms with E-state index in [2.05, 4.69) is 49.6 Å². The summed E-state index contributed by atoms with van der Waals surface area (Å²) in [5.74, 6) is -2.49. The zero-order valence-electron chi connectivity index (χ0n) is 20.1. The number of carbonyl (C=O) groups excluding carboxylic acids is 3. The fourth-order valence-corrected chi connectivity index (χ4v) is 2.67. The number of Topliss-reactive ketones (excluding diaryl/α,β-unsaturated/α-hetero) is 1. The smallest absolute Gasteiger partial charge is 0.316 e. The predicted octanol–water partition coefficient (Wildman–Crippen LogP) is 2.76. The fraction of sp³-hybridized carbons (Fsp3) is 0.667. The normalized spacial score (nSPS) is 14.0. The van der Waals surface area contributed by atoms with Crippen LogP contribution in [0.15, 0.2) is 23.8 Å². The molecule has 0 spiro atoms. The van der Waals surface area contributed by atoms with Crippen LogP contribution in [0.25, 0.3) is 0 Å². The Hall–Kier alpha value is -2.48. The molecule has 0 fully saturated rings. The van der Waals surface area contributed by atoms with Gasteiger partial charge in [0.15, 0.2) is 5.78 Å². The zero-order valence-corrected chi connectivity index (χ0v) is 20.1. The summed E-state index contributed by atoms with van der Waals surface area (Å²) in [6.07, 6.45) is 12.0. The first-order valence-corrected chi connectivity index (χ1v) is 11.2. The molecule has 0 aromatic heterocycles. The summed E-state index contributed by atoms with van der Waals surface area (Å²) in [5.41, 5.74) is -0.215. The molecule has 182 valence electrons. The molecule has 0 saturated carbocycles. The van der Waals surface area contributed by atoms with Gasteiger partial charge in [0.25, 0.3) is 0 Å². The maximum absolute atomic E-state index is 11.9. The maximum atomic E-state index is 11.9. The van der Waals surface area contributed by atoms with Crippen LogP contribution in [0.1, 0.15) is 73.1 Å². The summed E-state index contributed by atoms with van der Waals surface area (Å²) in [6.45, 7) is 7.71. The Balaban J connectivity index is 0.00000115. The van der Waals surface area contributed by atoms with Gasteiger partial charge < -0.3 is 20.8 Å². The summed E-state index contributed by atoms with van der Waals surface area (Å²) in [5, 5.41) is 22.9. The lowest BCUT2D eigenvalue weighted by Crippen LogP contribution is -2.51. The molecule has 2 amide bonds. The molecule has 1 unspecified atom stereocenters. The molecule has 0 aromatic rings. The van der Waals surface area contributed by atoms with Crippen molar-refractivity contribution in [2.24, 2.45) is 11.3 Å². The van der Waals surface area contributed by atoms with Crippen LogP contribution in [-0.2, 0) is 19.2 Å². The third-order valence-electron chi connectivity index (χ3n) is 5.10. The Labute approximate surface area is 191 Å². The Bertz CT molecular complexity index is 695. The minimum absolute atomic E-state index is 0.251. The quantitative estimate of drug-likeness (QED) is 0.266. The van der Waals surface area contributed by atoms with Crippen LogP contribution >= 0.6 is 0 Å². The largest absolute Gasteiger partial charge is 0.481 e. The van der Waals surface area contributed by atoms with Crippen molar-refractivity contribution >= 4 is 23.6 Å². The molecule has 8 heteroatoms. The average Bonchev–Trinajstić information content (AvgIpc) is 2.73. The monoisotopic (exact) mass is 452 g/mol. The molecule has 1 rings (SSSR count). The Kier molecular flexibility index (Phi) is 14.2. The first-order valence-electron chi connectivity index (χ1n) is 11.2. The van der Waals surface area contributed by atoms with Gasteiger partial charge in [0, 0.05) is 6.42 Å². The Morgan fingerprint density at radius 2 is 1.78 bits per heavy atom. The van der Waals surface area contributed by atoms with Crippen LogP contribution < -0.4 is 10.6 Å². The zero-order chi connectivity index (χ0) is 24.7. The molecule has 0 aliphatic heterocycles. The molecule has 0 radical (unpaired) electrons. The van der Waals surface area contributed by atoms with E-state index in [0.29, 0.717) is 12.3 Å². The SMILES string of the molecule is CC(C)CCCCC(=O)NC(CO)C(=O)NCC(=O)C(C)(C)C(=O)O.CC1=CCCC=C1. The van der Waals surface area contributed by atoms with Crippen molar-refractivity contribution in [1.82, 2.24) is 10.6 Å². The van der Waals surface area contributed by atoms with Crippen LogP contribution in [-0.4, -0.2) is 53.0 Å². The van der Waals surface area contributed by atoms with E-state index in [-0.39, 0.29) is 12.3 Å². The number of allylic oxidation sites excluding steroid dienone is 4. The summed E-state index contributed by atoms with van der Waals surface area (Å²) in [6, 6.07) is -1.17. The maximum Gasteiger partial charge on any atom is 0.316 e. The van der Waals surface area contributed by atoms with Crippen LogP contribution in [0, 0.1) is 11.3 Å². The molecule has 8 nitrogen and oxygen atoms in total. The number of aliphatic hydroxyl groups is 1. The van der Waals surface area contributed by atoms with E-state index in [0.717, 1.165) is 12.8 Å². The van der Waals surface area contributed by atoms with Crippen LogP contribution in [0.4, 0.5) is 0 Å². The van der Waals surface area contributed by atoms with E-state index in [1.54, 1.807) is 0 Å². The van der Waals surface area contributed by atoms with Gasteiger partial charge in [-0.1, -0.05) is 50.5 Å². The highest BCUT2D eigenvalue weighted by Gasteiger charge is 2.35. The van der Waals surface area contributed by atoms with Gasteiger partial charge in [-0.15, -0.1) is 0 Å². The van der Waals surface area contributed by atoms with Gasteiger partial charge in [0.1, 0.15) is 11.5 Å². The van der Waals surface area contributed by atoms with E-state index in [1.165, 1.54) is 32.3 Å². The second-order valence-electron chi connectivity index (χ2n) is 8.94. The minimum Gasteiger partial charge on any atom is -0.481 e. The highest BCUT2D eigenvalue weighted by molar-refractivity contribution is 6.04. The summed E-state index contributed by atoms with van der Waals surface area (Å²) >= 11 is 0. The number of hydrogen-bond donors (Lipinski definition) is 4. The molecule has 0 aromatic carbocycles. The highest BCUT2D eigenvalue weighted by Crippen LogP contribution is 2.16. The van der Waals surface area contributed by atoms with Crippen molar-refractivity contribution in [2.45, 2.75) is 79.2 Å². The number of carboxylic acid groups (broad SMARTS) is 1. The van der Waals surface area contributed by atoms with E-state index < -0.39 is 42.3 Å². The molecule has 0 heterocycles. The first-order chi connectivity index (χ1) is 14.9. The second kappa shape index (κ2) is 15.3. The lowest BCUT2D eigenvalue weighted by atomic mass is 9.88. The molecule has 1 aliphatic rings. The van der Waals surface area contributed by atoms with E-state index in [9.17, 15) is 24.3 Å². The topological polar surface area (TPSA) is 133 Å². The van der Waals surface area contributed by atoms with Crippen molar-refractivity contribution in [3.8, 4) is 0 Å². The summed E-state index contributed by atoms with van der Waals surface area (Å²) in [7, 11) is 0. The number of aliphatic hydroxyl groups excluding tert-OH is 1. The van der Waals surface area contributed by atoms with E-state index in [1.807, 2.05) is 0 Å². The third-order valence-corrected chi connectivity index (χ3v) is 5.10. The molecule has 32 heavy (non-hydrogen) atoms. The van der Waals surface area contributed by atoms with Crippen molar-refractivity contribution in [3.05, 3.63) is 23.8 Å². The number of rotatable bonds is 12. The van der Waals surface area contributed by atoms with Gasteiger partial charge in [-0.2, -0.15) is 0 Å². The molecule has 0 bridgehead atoms. The summed E-state index contributed by atoms with van der Waals surface area (Å²) < 4.78 is 0. The van der Waals surface area contributed by atoms with E-state index in [4.69, 9.17) is 5.11 Å². The standard InChI is InChI=1S/C17H30N2O6.C7H10/c1-11(2)7-5-6-8-14(22)19-12(10-20)15(23)18-9-13(21)17(3,4)16(24)25;1-7-5-3-2-4-6-7/h11-12,20H,5-10H2,1-4H3,(H,18,23)(H,19,22)(H,24,25);3,5-6H,2,4H2,1H3. The minimum atomic E-state index is -1.62. The lowest BCUT2D eigenvalue weighted by molar-refractivity contribution is -0.152. The van der Waals surface area contributed by atoms with Gasteiger partial charge in [0.05, 0.1) is 13.2 Å². The predicted molar refractivity (Wildman–Crippen MR) is 124 cm³/mol. The number of hydrogen-bond acceptors (Lipinski definition) is 5. The van der Waals surface area contributed by atoms with Crippen molar-refractivity contribution in [1.29, 1.82) is 0 Å². The number of unbranched alkanes of at least 4 members (excludes halogenated alkanes) is 1. The molecular weight excluding hydrogens is 412 g/mol. The molecule has 1 atom stereocenters. The fourth-order valence-electron chi connectivity index (χ4n) is 2.67. The van der Waals surface area contributed by atoms with Gasteiger partial charge in [-0.05, 0) is 46.0 Å². The number of aliphatic carboxylic acids is 1.